The molecule has 0 amide bonds. The van der Waals surface area contributed by atoms with Crippen LogP contribution in [0.25, 0.3) is 0 Å². The van der Waals surface area contributed by atoms with Gasteiger partial charge in [0.1, 0.15) is 5.60 Å². The third kappa shape index (κ3) is 0.644. The molecule has 2 heteroatoms. The van der Waals surface area contributed by atoms with E-state index in [1.807, 2.05) is 0 Å². The van der Waals surface area contributed by atoms with E-state index in [1.165, 1.54) is 12.8 Å². The number of hydrogen-bond donors (Lipinski definition) is 0. The van der Waals surface area contributed by atoms with E-state index in [4.69, 9.17) is 9.47 Å². The maximum absolute atomic E-state index is 5.22. The van der Waals surface area contributed by atoms with Gasteiger partial charge < -0.3 is 9.47 Å². The first kappa shape index (κ1) is 4.77. The van der Waals surface area contributed by atoms with E-state index in [9.17, 15) is 0 Å². The maximum Gasteiger partial charge on any atom is 0.115 e. The molecule has 0 radical (unpaired) electrons. The van der Waals surface area contributed by atoms with Crippen LogP contribution >= 0.6 is 0 Å². The zero-order valence-electron chi connectivity index (χ0n) is 4.85. The van der Waals surface area contributed by atoms with Crippen molar-refractivity contribution in [1.29, 1.82) is 0 Å². The summed E-state index contributed by atoms with van der Waals surface area (Å²) in [4.78, 5) is 0. The van der Waals surface area contributed by atoms with Gasteiger partial charge in [-0.25, -0.2) is 0 Å². The van der Waals surface area contributed by atoms with Gasteiger partial charge in [0.2, 0.25) is 0 Å². The Morgan fingerprint density at radius 1 is 1.25 bits per heavy atom. The average molecular weight is 114 g/mol. The molecule has 0 N–H and O–H groups in total. The van der Waals surface area contributed by atoms with Gasteiger partial charge in [0.25, 0.3) is 0 Å². The largest absolute Gasteiger partial charge is 0.378 e. The third-order valence-electron chi connectivity index (χ3n) is 1.84. The molecule has 1 atom stereocenters. The van der Waals surface area contributed by atoms with E-state index in [2.05, 4.69) is 0 Å². The van der Waals surface area contributed by atoms with Crippen molar-refractivity contribution in [2.45, 2.75) is 18.4 Å². The Bertz CT molecular complexity index is 88.7. The number of rotatable bonds is 0. The van der Waals surface area contributed by atoms with E-state index in [0.29, 0.717) is 0 Å². The van der Waals surface area contributed by atoms with Crippen molar-refractivity contribution < 1.29 is 9.47 Å². The normalized spacial score (nSPS) is 45.0. The topological polar surface area (TPSA) is 21.8 Å². The van der Waals surface area contributed by atoms with Gasteiger partial charge in [-0.15, -0.1) is 0 Å². The lowest BCUT2D eigenvalue weighted by Crippen LogP contribution is -2.25. The summed E-state index contributed by atoms with van der Waals surface area (Å²) in [6, 6.07) is 0. The molecule has 2 rings (SSSR count). The van der Waals surface area contributed by atoms with Crippen molar-refractivity contribution in [3.05, 3.63) is 0 Å². The van der Waals surface area contributed by atoms with Crippen molar-refractivity contribution in [1.82, 2.24) is 0 Å². The van der Waals surface area contributed by atoms with Crippen LogP contribution in [-0.2, 0) is 9.47 Å². The second kappa shape index (κ2) is 1.45. The van der Waals surface area contributed by atoms with E-state index in [1.54, 1.807) is 0 Å². The second-order valence-corrected chi connectivity index (χ2v) is 2.63. The van der Waals surface area contributed by atoms with E-state index < -0.39 is 0 Å². The summed E-state index contributed by atoms with van der Waals surface area (Å²) in [5.41, 5.74) is 0.207. The second-order valence-electron chi connectivity index (χ2n) is 2.63. The monoisotopic (exact) mass is 114 g/mol. The lowest BCUT2D eigenvalue weighted by molar-refractivity contribution is 0.0341. The molecular weight excluding hydrogens is 104 g/mol. The molecule has 2 aliphatic rings. The predicted octanol–water partition coefficient (Wildman–Crippen LogP) is 0.566. The van der Waals surface area contributed by atoms with Gasteiger partial charge >= 0.3 is 0 Å². The zero-order valence-corrected chi connectivity index (χ0v) is 4.85. The quantitative estimate of drug-likeness (QED) is 0.429. The minimum absolute atomic E-state index is 0.207. The molecular formula is C6H10O2. The Hall–Kier alpha value is -0.0800. The molecule has 2 heterocycles. The van der Waals surface area contributed by atoms with Crippen LogP contribution in [0.15, 0.2) is 0 Å². The van der Waals surface area contributed by atoms with E-state index in [-0.39, 0.29) is 5.60 Å². The van der Waals surface area contributed by atoms with Crippen molar-refractivity contribution in [3.8, 4) is 0 Å². The Kier molecular flexibility index (Phi) is 0.866. The molecule has 8 heavy (non-hydrogen) atoms. The lowest BCUT2D eigenvalue weighted by atomic mass is 10.0. The highest BCUT2D eigenvalue weighted by Gasteiger charge is 2.45. The highest BCUT2D eigenvalue weighted by molar-refractivity contribution is 4.93. The molecule has 2 aliphatic heterocycles. The van der Waals surface area contributed by atoms with Crippen LogP contribution in [0.3, 0.4) is 0 Å². The Morgan fingerprint density at radius 3 is 2.50 bits per heavy atom. The van der Waals surface area contributed by atoms with Crippen LogP contribution in [0.5, 0.6) is 0 Å². The summed E-state index contributed by atoms with van der Waals surface area (Å²) >= 11 is 0. The number of ether oxygens (including phenoxy) is 2. The van der Waals surface area contributed by atoms with Crippen LogP contribution in [-0.4, -0.2) is 25.4 Å². The molecule has 0 aromatic carbocycles. The van der Waals surface area contributed by atoms with Crippen molar-refractivity contribution in [3.63, 3.8) is 0 Å². The van der Waals surface area contributed by atoms with Gasteiger partial charge in [-0.05, 0) is 12.8 Å². The summed E-state index contributed by atoms with van der Waals surface area (Å²) in [6.07, 6.45) is 2.40. The zero-order chi connectivity index (χ0) is 5.45. The molecule has 0 bridgehead atoms. The molecule has 0 aromatic rings. The molecule has 2 saturated heterocycles. The fourth-order valence-electron chi connectivity index (χ4n) is 1.16. The van der Waals surface area contributed by atoms with Gasteiger partial charge in [-0.1, -0.05) is 0 Å². The molecule has 2 fully saturated rings. The molecule has 1 unspecified atom stereocenters. The molecule has 46 valence electrons. The van der Waals surface area contributed by atoms with Gasteiger partial charge in [0.15, 0.2) is 0 Å². The minimum Gasteiger partial charge on any atom is -0.378 e. The predicted molar refractivity (Wildman–Crippen MR) is 28.7 cm³/mol. The first-order valence-electron chi connectivity index (χ1n) is 3.13. The smallest absolute Gasteiger partial charge is 0.115 e. The molecule has 0 aliphatic carbocycles. The lowest BCUT2D eigenvalue weighted by Gasteiger charge is -2.17. The van der Waals surface area contributed by atoms with Gasteiger partial charge in [0.05, 0.1) is 13.2 Å². The Morgan fingerprint density at radius 2 is 2.12 bits per heavy atom. The summed E-state index contributed by atoms with van der Waals surface area (Å²) in [7, 11) is 0. The first-order valence-corrected chi connectivity index (χ1v) is 3.13. The van der Waals surface area contributed by atoms with Crippen LogP contribution < -0.4 is 0 Å². The van der Waals surface area contributed by atoms with Crippen LogP contribution in [0.1, 0.15) is 12.8 Å². The first-order chi connectivity index (χ1) is 3.91. The highest BCUT2D eigenvalue weighted by atomic mass is 16.6. The number of epoxide rings is 1. The van der Waals surface area contributed by atoms with Gasteiger partial charge in [0, 0.05) is 6.61 Å². The maximum atomic E-state index is 5.22. The molecule has 0 saturated carbocycles. The Balaban J connectivity index is 1.95. The van der Waals surface area contributed by atoms with E-state index >= 15 is 0 Å². The van der Waals surface area contributed by atoms with Crippen LogP contribution in [0.2, 0.25) is 0 Å². The van der Waals surface area contributed by atoms with Crippen LogP contribution in [0, 0.1) is 0 Å². The fraction of sp³-hybridized carbons (Fsp3) is 1.00. The minimum atomic E-state index is 0.207. The van der Waals surface area contributed by atoms with Crippen molar-refractivity contribution >= 4 is 0 Å². The van der Waals surface area contributed by atoms with Gasteiger partial charge in [-0.2, -0.15) is 0 Å². The third-order valence-corrected chi connectivity index (χ3v) is 1.84. The van der Waals surface area contributed by atoms with Crippen molar-refractivity contribution in [2.24, 2.45) is 0 Å². The summed E-state index contributed by atoms with van der Waals surface area (Å²) in [6.45, 7) is 2.71. The fourth-order valence-corrected chi connectivity index (χ4v) is 1.16. The van der Waals surface area contributed by atoms with Gasteiger partial charge in [-0.3, -0.25) is 0 Å². The Labute approximate surface area is 48.8 Å². The number of hydrogen-bond acceptors (Lipinski definition) is 2. The average Bonchev–Trinajstić information content (AvgIpc) is 2.52. The van der Waals surface area contributed by atoms with Crippen LogP contribution in [0.4, 0.5) is 0 Å². The SMILES string of the molecule is C1COCC2(C1)CO2. The molecule has 0 aromatic heterocycles. The van der Waals surface area contributed by atoms with Crippen molar-refractivity contribution in [2.75, 3.05) is 19.8 Å². The molecule has 1 spiro atoms. The summed E-state index contributed by atoms with van der Waals surface area (Å²) < 4.78 is 10.4. The molecule has 2 nitrogen and oxygen atoms in total. The van der Waals surface area contributed by atoms with E-state index in [0.717, 1.165) is 19.8 Å². The highest BCUT2D eigenvalue weighted by Crippen LogP contribution is 2.34. The standard InChI is InChI=1S/C6H10O2/c1-2-6(5-8-6)4-7-3-1/h1-5H2. The summed E-state index contributed by atoms with van der Waals surface area (Å²) in [5, 5.41) is 0. The summed E-state index contributed by atoms with van der Waals surface area (Å²) in [5.74, 6) is 0.